The molecule has 2 heterocycles. The minimum atomic E-state index is -0.702. The summed E-state index contributed by atoms with van der Waals surface area (Å²) in [6.45, 7) is 6.60. The van der Waals surface area contributed by atoms with Gasteiger partial charge in [-0.15, -0.1) is 0 Å². The Morgan fingerprint density at radius 3 is 2.71 bits per heavy atom. The summed E-state index contributed by atoms with van der Waals surface area (Å²) < 4.78 is 0. The minimum Gasteiger partial charge on any atom is -0.342 e. The van der Waals surface area contributed by atoms with Crippen molar-refractivity contribution >= 4 is 11.8 Å². The van der Waals surface area contributed by atoms with Crippen molar-refractivity contribution in [1.82, 2.24) is 15.1 Å². The van der Waals surface area contributed by atoms with Crippen molar-refractivity contribution in [2.45, 2.75) is 25.8 Å². The molecule has 2 aliphatic rings. The molecule has 0 aromatic heterocycles. The van der Waals surface area contributed by atoms with Gasteiger partial charge in [0.15, 0.2) is 0 Å². The monoisotopic (exact) mass is 239 g/mol. The van der Waals surface area contributed by atoms with E-state index >= 15 is 0 Å². The van der Waals surface area contributed by atoms with Crippen molar-refractivity contribution < 1.29 is 9.59 Å². The normalized spacial score (nSPS) is 28.6. The predicted octanol–water partition coefficient (Wildman–Crippen LogP) is -0.325. The molecule has 17 heavy (non-hydrogen) atoms. The van der Waals surface area contributed by atoms with Crippen LogP contribution in [0.1, 0.15) is 20.3 Å². The van der Waals surface area contributed by atoms with Gasteiger partial charge in [0.05, 0.1) is 5.92 Å². The summed E-state index contributed by atoms with van der Waals surface area (Å²) >= 11 is 0. The van der Waals surface area contributed by atoms with E-state index in [1.165, 1.54) is 0 Å². The number of hydrogen-bond donors (Lipinski definition) is 1. The van der Waals surface area contributed by atoms with Crippen LogP contribution in [0.5, 0.6) is 0 Å². The van der Waals surface area contributed by atoms with Gasteiger partial charge in [-0.25, -0.2) is 0 Å². The molecule has 0 aromatic rings. The Hall–Kier alpha value is -1.10. The molecule has 1 atom stereocenters. The molecular formula is C12H21N3O2. The van der Waals surface area contributed by atoms with Gasteiger partial charge in [0, 0.05) is 26.7 Å². The summed E-state index contributed by atoms with van der Waals surface area (Å²) in [4.78, 5) is 27.9. The van der Waals surface area contributed by atoms with Crippen LogP contribution < -0.4 is 5.32 Å². The highest BCUT2D eigenvalue weighted by atomic mass is 16.2. The zero-order chi connectivity index (χ0) is 12.6. The lowest BCUT2D eigenvalue weighted by atomic mass is 9.95. The molecule has 0 aromatic carbocycles. The van der Waals surface area contributed by atoms with E-state index < -0.39 is 5.54 Å². The Kier molecular flexibility index (Phi) is 3.12. The number of nitrogens with one attached hydrogen (secondary N) is 1. The summed E-state index contributed by atoms with van der Waals surface area (Å²) in [6, 6.07) is 0. The van der Waals surface area contributed by atoms with E-state index in [1.807, 2.05) is 13.8 Å². The molecule has 96 valence electrons. The molecule has 2 amide bonds. The van der Waals surface area contributed by atoms with Gasteiger partial charge in [-0.3, -0.25) is 9.59 Å². The Balaban J connectivity index is 2.14. The lowest BCUT2D eigenvalue weighted by Gasteiger charge is -2.45. The molecule has 2 aliphatic heterocycles. The second-order valence-corrected chi connectivity index (χ2v) is 5.47. The number of carbonyl (C=O) groups is 2. The molecule has 2 rings (SSSR count). The topological polar surface area (TPSA) is 52.6 Å². The van der Waals surface area contributed by atoms with Gasteiger partial charge in [-0.1, -0.05) is 0 Å². The van der Waals surface area contributed by atoms with E-state index in [2.05, 4.69) is 5.32 Å². The average molecular weight is 239 g/mol. The quantitative estimate of drug-likeness (QED) is 0.682. The summed E-state index contributed by atoms with van der Waals surface area (Å²) in [7, 11) is 1.79. The molecule has 0 radical (unpaired) electrons. The molecule has 0 unspecified atom stereocenters. The smallest absolute Gasteiger partial charge is 0.247 e. The molecule has 2 saturated heterocycles. The molecule has 1 N–H and O–H groups in total. The Morgan fingerprint density at radius 2 is 2.12 bits per heavy atom. The number of nitrogens with zero attached hydrogens (tertiary/aromatic N) is 2. The summed E-state index contributed by atoms with van der Waals surface area (Å²) in [5.74, 6) is 0.204. The van der Waals surface area contributed by atoms with Crippen LogP contribution in [-0.2, 0) is 9.59 Å². The van der Waals surface area contributed by atoms with Gasteiger partial charge < -0.3 is 15.1 Å². The highest BCUT2D eigenvalue weighted by molar-refractivity contribution is 5.92. The van der Waals surface area contributed by atoms with Crippen LogP contribution in [0.2, 0.25) is 0 Å². The molecule has 0 spiro atoms. The van der Waals surface area contributed by atoms with Crippen LogP contribution in [-0.4, -0.2) is 60.4 Å². The van der Waals surface area contributed by atoms with Crippen LogP contribution in [0.25, 0.3) is 0 Å². The number of piperazine rings is 1. The highest BCUT2D eigenvalue weighted by Gasteiger charge is 2.44. The van der Waals surface area contributed by atoms with Crippen molar-refractivity contribution in [1.29, 1.82) is 0 Å². The van der Waals surface area contributed by atoms with Crippen LogP contribution in [0.3, 0.4) is 0 Å². The Labute approximate surface area is 102 Å². The van der Waals surface area contributed by atoms with Crippen LogP contribution in [0.4, 0.5) is 0 Å². The maximum atomic E-state index is 12.4. The van der Waals surface area contributed by atoms with E-state index in [9.17, 15) is 9.59 Å². The lowest BCUT2D eigenvalue weighted by Crippen LogP contribution is -2.64. The second kappa shape index (κ2) is 4.29. The molecule has 0 saturated carbocycles. The molecular weight excluding hydrogens is 218 g/mol. The third-order valence-electron chi connectivity index (χ3n) is 3.88. The first-order valence-corrected chi connectivity index (χ1v) is 6.22. The fourth-order valence-electron chi connectivity index (χ4n) is 2.69. The summed E-state index contributed by atoms with van der Waals surface area (Å²) in [5.41, 5.74) is -0.702. The SMILES string of the molecule is CN1CCN(C(=O)[C@@H]2CCNC2)C(C)(C)C1=O. The Bertz CT molecular complexity index is 335. The van der Waals surface area contributed by atoms with Crippen LogP contribution in [0, 0.1) is 5.92 Å². The third kappa shape index (κ3) is 2.04. The molecule has 2 fully saturated rings. The lowest BCUT2D eigenvalue weighted by molar-refractivity contribution is -0.159. The maximum absolute atomic E-state index is 12.4. The van der Waals surface area contributed by atoms with E-state index in [4.69, 9.17) is 0 Å². The van der Waals surface area contributed by atoms with E-state index in [1.54, 1.807) is 16.8 Å². The summed E-state index contributed by atoms with van der Waals surface area (Å²) in [5, 5.41) is 3.20. The first kappa shape index (κ1) is 12.4. The van der Waals surface area contributed by atoms with Crippen molar-refractivity contribution in [2.24, 2.45) is 5.92 Å². The standard InChI is InChI=1S/C12H21N3O2/c1-12(2)11(17)14(3)6-7-15(12)10(16)9-4-5-13-8-9/h9,13H,4-8H2,1-3H3/t9-/m1/s1. The molecule has 5 nitrogen and oxygen atoms in total. The van der Waals surface area contributed by atoms with Gasteiger partial charge >= 0.3 is 0 Å². The van der Waals surface area contributed by atoms with Gasteiger partial charge in [0.2, 0.25) is 11.8 Å². The van der Waals surface area contributed by atoms with E-state index in [0.29, 0.717) is 13.1 Å². The van der Waals surface area contributed by atoms with Gasteiger partial charge in [0.25, 0.3) is 0 Å². The average Bonchev–Trinajstić information content (AvgIpc) is 2.79. The van der Waals surface area contributed by atoms with Crippen molar-refractivity contribution in [3.05, 3.63) is 0 Å². The largest absolute Gasteiger partial charge is 0.342 e. The number of hydrogen-bond acceptors (Lipinski definition) is 3. The van der Waals surface area contributed by atoms with Crippen molar-refractivity contribution in [3.8, 4) is 0 Å². The fourth-order valence-corrected chi connectivity index (χ4v) is 2.69. The Morgan fingerprint density at radius 1 is 1.41 bits per heavy atom. The second-order valence-electron chi connectivity index (χ2n) is 5.47. The van der Waals surface area contributed by atoms with Crippen molar-refractivity contribution in [3.63, 3.8) is 0 Å². The van der Waals surface area contributed by atoms with Crippen LogP contribution >= 0.6 is 0 Å². The van der Waals surface area contributed by atoms with Gasteiger partial charge in [0.1, 0.15) is 5.54 Å². The molecule has 0 bridgehead atoms. The fraction of sp³-hybridized carbons (Fsp3) is 0.833. The van der Waals surface area contributed by atoms with Crippen molar-refractivity contribution in [2.75, 3.05) is 33.2 Å². The zero-order valence-corrected chi connectivity index (χ0v) is 10.8. The van der Waals surface area contributed by atoms with Gasteiger partial charge in [-0.2, -0.15) is 0 Å². The predicted molar refractivity (Wildman–Crippen MR) is 64.4 cm³/mol. The molecule has 5 heteroatoms. The number of amides is 2. The number of likely N-dealkylation sites (N-methyl/N-ethyl adjacent to an activating group) is 1. The number of carbonyl (C=O) groups excluding carboxylic acids is 2. The van der Waals surface area contributed by atoms with Gasteiger partial charge in [-0.05, 0) is 26.8 Å². The maximum Gasteiger partial charge on any atom is 0.247 e. The zero-order valence-electron chi connectivity index (χ0n) is 10.8. The summed E-state index contributed by atoms with van der Waals surface area (Å²) in [6.07, 6.45) is 0.884. The minimum absolute atomic E-state index is 0.0306. The third-order valence-corrected chi connectivity index (χ3v) is 3.88. The van der Waals surface area contributed by atoms with Crippen LogP contribution in [0.15, 0.2) is 0 Å². The highest BCUT2D eigenvalue weighted by Crippen LogP contribution is 2.25. The molecule has 0 aliphatic carbocycles. The number of rotatable bonds is 1. The first-order valence-electron chi connectivity index (χ1n) is 6.22. The van der Waals surface area contributed by atoms with E-state index in [-0.39, 0.29) is 17.7 Å². The van der Waals surface area contributed by atoms with E-state index in [0.717, 1.165) is 19.5 Å². The first-order chi connectivity index (χ1) is 7.94.